The molecule has 2 saturated heterocycles. The number of esters is 1. The van der Waals surface area contributed by atoms with Gasteiger partial charge in [0.15, 0.2) is 6.04 Å². The lowest BCUT2D eigenvalue weighted by Crippen LogP contribution is -2.62. The second-order valence-corrected chi connectivity index (χ2v) is 9.04. The fourth-order valence-corrected chi connectivity index (χ4v) is 3.92. The molecule has 0 bridgehead atoms. The van der Waals surface area contributed by atoms with Gasteiger partial charge in [0.2, 0.25) is 11.8 Å². The highest BCUT2D eigenvalue weighted by Gasteiger charge is 2.45. The van der Waals surface area contributed by atoms with E-state index in [1.165, 1.54) is 10.0 Å². The Balaban J connectivity index is 1.71. The Morgan fingerprint density at radius 2 is 1.84 bits per heavy atom. The number of nitrogens with one attached hydrogen (secondary N) is 1. The van der Waals surface area contributed by atoms with Crippen LogP contribution in [0.1, 0.15) is 58.4 Å². The number of hydrogen-bond acceptors (Lipinski definition) is 5. The highest BCUT2D eigenvalue weighted by molar-refractivity contribution is 5.94. The summed E-state index contributed by atoms with van der Waals surface area (Å²) in [4.78, 5) is 51.3. The molecule has 3 amide bonds. The molecule has 8 heteroatoms. The monoisotopic (exact) mass is 429 g/mol. The standard InChI is InChI=1S/C23H31N3O5/c1-23(2,3)31-22(30)18-10-7-15-25-20(28)14-12-17(21(29)26(18)25)24-19(27)13-11-16-8-5-4-6-9-16/h4-6,8-9,17-18H,7,10-15H2,1-3H3,(H,24,27)/t17-,18-/m0/s1. The molecule has 0 radical (unpaired) electrons. The summed E-state index contributed by atoms with van der Waals surface area (Å²) in [6.45, 7) is 5.66. The Labute approximate surface area is 182 Å². The Kier molecular flexibility index (Phi) is 6.97. The highest BCUT2D eigenvalue weighted by atomic mass is 16.6. The molecular weight excluding hydrogens is 398 g/mol. The average molecular weight is 430 g/mol. The van der Waals surface area contributed by atoms with Crippen LogP contribution in [-0.2, 0) is 30.3 Å². The number of fused-ring (bicyclic) bond motifs is 1. The summed E-state index contributed by atoms with van der Waals surface area (Å²) in [5, 5.41) is 5.37. The Morgan fingerprint density at radius 1 is 1.13 bits per heavy atom. The number of rotatable bonds is 5. The van der Waals surface area contributed by atoms with Crippen LogP contribution in [0.3, 0.4) is 0 Å². The minimum atomic E-state index is -0.869. The molecule has 0 aromatic heterocycles. The van der Waals surface area contributed by atoms with Crippen molar-refractivity contribution in [3.8, 4) is 0 Å². The van der Waals surface area contributed by atoms with Crippen molar-refractivity contribution in [2.45, 2.75) is 77.0 Å². The first-order chi connectivity index (χ1) is 14.7. The summed E-state index contributed by atoms with van der Waals surface area (Å²) in [5.74, 6) is -1.44. The van der Waals surface area contributed by atoms with Gasteiger partial charge >= 0.3 is 5.97 Å². The second kappa shape index (κ2) is 9.49. The van der Waals surface area contributed by atoms with Crippen molar-refractivity contribution in [1.82, 2.24) is 15.3 Å². The summed E-state index contributed by atoms with van der Waals surface area (Å²) in [7, 11) is 0. The molecule has 1 N–H and O–H groups in total. The number of amides is 3. The zero-order valence-corrected chi connectivity index (χ0v) is 18.4. The molecule has 0 aliphatic carbocycles. The summed E-state index contributed by atoms with van der Waals surface area (Å²) in [5.41, 5.74) is 0.329. The summed E-state index contributed by atoms with van der Waals surface area (Å²) in [6, 6.07) is 7.91. The lowest BCUT2D eigenvalue weighted by molar-refractivity contribution is -0.187. The maximum absolute atomic E-state index is 13.3. The third-order valence-electron chi connectivity index (χ3n) is 5.36. The van der Waals surface area contributed by atoms with Crippen molar-refractivity contribution in [2.75, 3.05) is 6.54 Å². The van der Waals surface area contributed by atoms with Crippen LogP contribution in [0.5, 0.6) is 0 Å². The van der Waals surface area contributed by atoms with E-state index in [0.29, 0.717) is 25.8 Å². The van der Waals surface area contributed by atoms with E-state index in [4.69, 9.17) is 4.74 Å². The molecule has 2 fully saturated rings. The smallest absolute Gasteiger partial charge is 0.331 e. The van der Waals surface area contributed by atoms with Gasteiger partial charge in [-0.1, -0.05) is 30.3 Å². The van der Waals surface area contributed by atoms with E-state index >= 15 is 0 Å². The van der Waals surface area contributed by atoms with Crippen molar-refractivity contribution in [3.05, 3.63) is 35.9 Å². The van der Waals surface area contributed by atoms with E-state index < -0.39 is 29.6 Å². The molecule has 0 unspecified atom stereocenters. The van der Waals surface area contributed by atoms with Crippen LogP contribution in [0.4, 0.5) is 0 Å². The van der Waals surface area contributed by atoms with Crippen molar-refractivity contribution in [2.24, 2.45) is 0 Å². The number of nitrogens with zero attached hydrogens (tertiary/aromatic N) is 2. The molecule has 2 atom stereocenters. The quantitative estimate of drug-likeness (QED) is 0.722. The first kappa shape index (κ1) is 22.8. The Bertz CT molecular complexity index is 833. The first-order valence-electron chi connectivity index (χ1n) is 10.9. The van der Waals surface area contributed by atoms with E-state index in [2.05, 4.69) is 5.32 Å². The van der Waals surface area contributed by atoms with Crippen molar-refractivity contribution >= 4 is 23.7 Å². The van der Waals surface area contributed by atoms with Gasteiger partial charge < -0.3 is 10.1 Å². The fourth-order valence-electron chi connectivity index (χ4n) is 3.92. The minimum absolute atomic E-state index is 0.132. The van der Waals surface area contributed by atoms with E-state index in [-0.39, 0.29) is 31.1 Å². The van der Waals surface area contributed by atoms with Crippen LogP contribution in [0.15, 0.2) is 30.3 Å². The zero-order valence-electron chi connectivity index (χ0n) is 18.4. The molecule has 2 aliphatic rings. The van der Waals surface area contributed by atoms with Crippen molar-refractivity contribution in [3.63, 3.8) is 0 Å². The van der Waals surface area contributed by atoms with Gasteiger partial charge in [0.05, 0.1) is 0 Å². The molecule has 31 heavy (non-hydrogen) atoms. The molecule has 3 rings (SSSR count). The minimum Gasteiger partial charge on any atom is -0.458 e. The Morgan fingerprint density at radius 3 is 2.52 bits per heavy atom. The van der Waals surface area contributed by atoms with E-state index in [1.807, 2.05) is 30.3 Å². The van der Waals surface area contributed by atoms with Gasteiger partial charge in [0.25, 0.3) is 5.91 Å². The molecule has 2 aliphatic heterocycles. The van der Waals surface area contributed by atoms with E-state index in [0.717, 1.165) is 5.56 Å². The predicted molar refractivity (Wildman–Crippen MR) is 113 cm³/mol. The third-order valence-corrected chi connectivity index (χ3v) is 5.36. The van der Waals surface area contributed by atoms with Gasteiger partial charge in [-0.05, 0) is 52.0 Å². The van der Waals surface area contributed by atoms with Gasteiger partial charge in [-0.3, -0.25) is 19.4 Å². The largest absolute Gasteiger partial charge is 0.458 e. The summed E-state index contributed by atoms with van der Waals surface area (Å²) < 4.78 is 5.50. The number of hydrazine groups is 1. The summed E-state index contributed by atoms with van der Waals surface area (Å²) in [6.07, 6.45) is 2.16. The summed E-state index contributed by atoms with van der Waals surface area (Å²) >= 11 is 0. The molecule has 2 heterocycles. The zero-order chi connectivity index (χ0) is 22.6. The fraction of sp³-hybridized carbons (Fsp3) is 0.565. The topological polar surface area (TPSA) is 96.0 Å². The number of benzene rings is 1. The van der Waals surface area contributed by atoms with Crippen LogP contribution in [-0.4, -0.2) is 57.9 Å². The van der Waals surface area contributed by atoms with Gasteiger partial charge in [0.1, 0.15) is 11.6 Å². The molecule has 168 valence electrons. The van der Waals surface area contributed by atoms with Gasteiger partial charge in [-0.25, -0.2) is 9.80 Å². The lowest BCUT2D eigenvalue weighted by Gasteiger charge is -2.43. The predicted octanol–water partition coefficient (Wildman–Crippen LogP) is 1.97. The number of carbonyl (C=O) groups is 4. The molecule has 8 nitrogen and oxygen atoms in total. The maximum atomic E-state index is 13.3. The number of carbonyl (C=O) groups excluding carboxylic acids is 4. The lowest BCUT2D eigenvalue weighted by atomic mass is 10.1. The van der Waals surface area contributed by atoms with E-state index in [9.17, 15) is 19.2 Å². The van der Waals surface area contributed by atoms with Crippen LogP contribution in [0, 0.1) is 0 Å². The molecule has 0 saturated carbocycles. The molecule has 1 aromatic rings. The Hall–Kier alpha value is -2.90. The molecule has 0 spiro atoms. The van der Waals surface area contributed by atoms with Crippen LogP contribution in [0.25, 0.3) is 0 Å². The average Bonchev–Trinajstić information content (AvgIpc) is 2.84. The van der Waals surface area contributed by atoms with Gasteiger partial charge in [-0.15, -0.1) is 0 Å². The molecular formula is C23H31N3O5. The van der Waals surface area contributed by atoms with Crippen LogP contribution in [0.2, 0.25) is 0 Å². The third kappa shape index (κ3) is 5.83. The van der Waals surface area contributed by atoms with Crippen LogP contribution >= 0.6 is 0 Å². The van der Waals surface area contributed by atoms with Gasteiger partial charge in [0, 0.05) is 19.4 Å². The second-order valence-electron chi connectivity index (χ2n) is 9.04. The van der Waals surface area contributed by atoms with Gasteiger partial charge in [-0.2, -0.15) is 0 Å². The highest BCUT2D eigenvalue weighted by Crippen LogP contribution is 2.26. The number of ether oxygens (including phenoxy) is 1. The van der Waals surface area contributed by atoms with Crippen LogP contribution < -0.4 is 5.32 Å². The first-order valence-corrected chi connectivity index (χ1v) is 10.9. The van der Waals surface area contributed by atoms with E-state index in [1.54, 1.807) is 20.8 Å². The SMILES string of the molecule is CC(C)(C)OC(=O)[C@@H]1CCCN2C(=O)CC[C@H](NC(=O)CCc3ccccc3)C(=O)N12. The maximum Gasteiger partial charge on any atom is 0.331 e. The van der Waals surface area contributed by atoms with Crippen molar-refractivity contribution in [1.29, 1.82) is 0 Å². The van der Waals surface area contributed by atoms with Crippen molar-refractivity contribution < 1.29 is 23.9 Å². The normalized spacial score (nSPS) is 21.9. The molecule has 1 aromatic carbocycles. The number of hydrogen-bond donors (Lipinski definition) is 1. The number of aryl methyl sites for hydroxylation is 1.